The molecular formula is C52H32N2O. The minimum absolute atomic E-state index is 0.0187. The molecule has 3 nitrogen and oxygen atoms in total. The van der Waals surface area contributed by atoms with Crippen molar-refractivity contribution in [1.82, 2.24) is 9.97 Å². The van der Waals surface area contributed by atoms with Crippen LogP contribution in [0.15, 0.2) is 199 Å². The number of rotatable bonds is 5. The first kappa shape index (κ1) is 24.8. The van der Waals surface area contributed by atoms with Crippen molar-refractivity contribution in [1.29, 1.82) is 0 Å². The topological polar surface area (TPSA) is 38.9 Å². The Labute approximate surface area is 327 Å². The third-order valence-corrected chi connectivity index (χ3v) is 10.4. The highest BCUT2D eigenvalue weighted by atomic mass is 16.3. The van der Waals surface area contributed by atoms with Crippen molar-refractivity contribution in [3.05, 3.63) is 194 Å². The molecule has 0 aliphatic carbocycles. The molecule has 3 heteroatoms. The van der Waals surface area contributed by atoms with Crippen LogP contribution in [0.2, 0.25) is 0 Å². The van der Waals surface area contributed by atoms with Crippen molar-refractivity contribution < 1.29 is 14.0 Å². The van der Waals surface area contributed by atoms with Crippen molar-refractivity contribution in [2.24, 2.45) is 0 Å². The van der Waals surface area contributed by atoms with Gasteiger partial charge >= 0.3 is 0 Å². The number of aromatic nitrogens is 2. The Morgan fingerprint density at radius 1 is 0.418 bits per heavy atom. The van der Waals surface area contributed by atoms with Gasteiger partial charge in [0.25, 0.3) is 0 Å². The summed E-state index contributed by atoms with van der Waals surface area (Å²) in [4.78, 5) is 9.17. The normalized spacial score (nSPS) is 13.4. The Hall–Kier alpha value is -7.36. The summed E-state index contributed by atoms with van der Waals surface area (Å²) >= 11 is 0. The van der Waals surface area contributed by atoms with Crippen molar-refractivity contribution in [2.45, 2.75) is 0 Å². The van der Waals surface area contributed by atoms with Crippen LogP contribution < -0.4 is 0 Å². The maximum Gasteiger partial charge on any atom is 0.143 e. The average molecular weight is 708 g/mol. The third-order valence-electron chi connectivity index (χ3n) is 10.4. The second kappa shape index (κ2) is 12.6. The van der Waals surface area contributed by atoms with Gasteiger partial charge in [-0.15, -0.1) is 0 Å². The number of furan rings is 1. The molecular weight excluding hydrogens is 669 g/mol. The van der Waals surface area contributed by atoms with Gasteiger partial charge in [-0.25, -0.2) is 4.98 Å². The molecule has 3 aromatic heterocycles. The third kappa shape index (κ3) is 5.05. The molecule has 3 heterocycles. The van der Waals surface area contributed by atoms with Crippen molar-refractivity contribution >= 4 is 54.1 Å². The quantitative estimate of drug-likeness (QED) is 0.167. The molecule has 0 fully saturated rings. The van der Waals surface area contributed by atoms with Crippen LogP contribution in [0.5, 0.6) is 0 Å². The van der Waals surface area contributed by atoms with Crippen molar-refractivity contribution in [2.75, 3.05) is 0 Å². The number of fused-ring (bicyclic) bond motifs is 7. The van der Waals surface area contributed by atoms with Gasteiger partial charge in [-0.1, -0.05) is 170 Å². The molecule has 0 saturated heterocycles. The van der Waals surface area contributed by atoms with Gasteiger partial charge in [0.1, 0.15) is 11.5 Å². The molecule has 0 N–H and O–H groups in total. The van der Waals surface area contributed by atoms with Crippen LogP contribution in [0, 0.1) is 0 Å². The Morgan fingerprint density at radius 3 is 1.76 bits per heavy atom. The summed E-state index contributed by atoms with van der Waals surface area (Å²) in [5.41, 5.74) is 6.22. The molecule has 0 aliphatic rings. The van der Waals surface area contributed by atoms with E-state index >= 15 is 0 Å². The SMILES string of the molecule is [2H]c1nc2c(c([2H])c1[2H])c([2H])c([2H])c1c([2H])c([2H])c(-c3ccc(-c4c(-c5ccccc5)oc(-c5cc6ccccc6c6ccccc56)c4-c4ccccc4)c4ccccc34)nc12. The van der Waals surface area contributed by atoms with Gasteiger partial charge in [0.05, 0.1) is 26.3 Å². The van der Waals surface area contributed by atoms with Crippen molar-refractivity contribution in [3.8, 4) is 56.2 Å². The number of hydrogen-bond acceptors (Lipinski definition) is 3. The highest BCUT2D eigenvalue weighted by molar-refractivity contribution is 6.17. The molecule has 55 heavy (non-hydrogen) atoms. The lowest BCUT2D eigenvalue weighted by molar-refractivity contribution is 0.599. The van der Waals surface area contributed by atoms with E-state index in [0.29, 0.717) is 11.3 Å². The minimum Gasteiger partial charge on any atom is -0.455 e. The van der Waals surface area contributed by atoms with Gasteiger partial charge in [0.15, 0.2) is 0 Å². The Kier molecular flexibility index (Phi) is 5.70. The molecule has 0 aliphatic heterocycles. The fourth-order valence-electron chi connectivity index (χ4n) is 7.96. The predicted octanol–water partition coefficient (Wildman–Crippen LogP) is 14.2. The van der Waals surface area contributed by atoms with Crippen molar-refractivity contribution in [3.63, 3.8) is 0 Å². The Bertz CT molecular complexity index is 3660. The second-order valence-corrected chi connectivity index (χ2v) is 13.5. The lowest BCUT2D eigenvalue weighted by Gasteiger charge is -2.15. The molecule has 0 spiro atoms. The lowest BCUT2D eigenvalue weighted by atomic mass is 9.86. The van der Waals surface area contributed by atoms with Crippen LogP contribution in [-0.4, -0.2) is 9.97 Å². The van der Waals surface area contributed by atoms with Gasteiger partial charge in [-0.2, -0.15) is 0 Å². The first-order valence-corrected chi connectivity index (χ1v) is 18.1. The highest BCUT2D eigenvalue weighted by Gasteiger charge is 2.28. The molecule has 11 aromatic rings. The molecule has 8 aromatic carbocycles. The van der Waals surface area contributed by atoms with Crippen LogP contribution in [0.25, 0.3) is 110 Å². The molecule has 0 amide bonds. The van der Waals surface area contributed by atoms with E-state index in [1.54, 1.807) is 0 Å². The molecule has 256 valence electrons. The summed E-state index contributed by atoms with van der Waals surface area (Å²) in [6.07, 6.45) is -0.472. The first-order chi connectivity index (χ1) is 30.2. The minimum atomic E-state index is -0.472. The number of pyridine rings is 2. The lowest BCUT2D eigenvalue weighted by Crippen LogP contribution is -1.92. The first-order valence-electron chi connectivity index (χ1n) is 21.6. The molecule has 0 atom stereocenters. The monoisotopic (exact) mass is 707 g/mol. The van der Waals surface area contributed by atoms with Gasteiger partial charge in [-0.3, -0.25) is 4.98 Å². The van der Waals surface area contributed by atoms with Crippen LogP contribution in [0.3, 0.4) is 0 Å². The van der Waals surface area contributed by atoms with E-state index in [1.807, 2.05) is 84.9 Å². The summed E-state index contributed by atoms with van der Waals surface area (Å²) in [5.74, 6) is 1.41. The van der Waals surface area contributed by atoms with Gasteiger partial charge in [0, 0.05) is 44.8 Å². The summed E-state index contributed by atoms with van der Waals surface area (Å²) in [7, 11) is 0. The number of hydrogen-bond donors (Lipinski definition) is 0. The van der Waals surface area contributed by atoms with E-state index in [-0.39, 0.29) is 45.6 Å². The smallest absolute Gasteiger partial charge is 0.143 e. The molecule has 11 rings (SSSR count). The fourth-order valence-corrected chi connectivity index (χ4v) is 7.96. The van der Waals surface area contributed by atoms with E-state index in [1.165, 1.54) is 0 Å². The largest absolute Gasteiger partial charge is 0.455 e. The van der Waals surface area contributed by atoms with Crippen LogP contribution in [0.4, 0.5) is 0 Å². The van der Waals surface area contributed by atoms with Crippen LogP contribution >= 0.6 is 0 Å². The van der Waals surface area contributed by atoms with Gasteiger partial charge in [0.2, 0.25) is 0 Å². The zero-order valence-electron chi connectivity index (χ0n) is 36.2. The van der Waals surface area contributed by atoms with Crippen LogP contribution in [-0.2, 0) is 0 Å². The summed E-state index contributed by atoms with van der Waals surface area (Å²) in [6, 6.07) is 48.9. The van der Waals surface area contributed by atoms with Gasteiger partial charge < -0.3 is 4.42 Å². The molecule has 0 unspecified atom stereocenters. The van der Waals surface area contributed by atoms with Crippen LogP contribution in [0.1, 0.15) is 9.60 Å². The van der Waals surface area contributed by atoms with E-state index in [2.05, 4.69) is 71.7 Å². The summed E-state index contributed by atoms with van der Waals surface area (Å²) in [5, 5.41) is 5.87. The van der Waals surface area contributed by atoms with E-state index in [4.69, 9.17) is 17.6 Å². The second-order valence-electron chi connectivity index (χ2n) is 13.5. The number of benzene rings is 8. The van der Waals surface area contributed by atoms with E-state index in [9.17, 15) is 1.37 Å². The Morgan fingerprint density at radius 2 is 1.00 bits per heavy atom. The fraction of sp³-hybridized carbons (Fsp3) is 0. The predicted molar refractivity (Wildman–Crippen MR) is 229 cm³/mol. The summed E-state index contributed by atoms with van der Waals surface area (Å²) < 4.78 is 68.4. The van der Waals surface area contributed by atoms with E-state index < -0.39 is 24.3 Å². The summed E-state index contributed by atoms with van der Waals surface area (Å²) in [6.45, 7) is 0. The zero-order chi connectivity index (χ0) is 42.4. The number of nitrogens with zero attached hydrogens (tertiary/aromatic N) is 2. The Balaban J connectivity index is 1.24. The average Bonchev–Trinajstić information content (AvgIpc) is 3.71. The molecule has 0 radical (unpaired) electrons. The maximum atomic E-state index is 9.28. The van der Waals surface area contributed by atoms with Gasteiger partial charge in [-0.05, 0) is 61.6 Å². The molecule has 0 saturated carbocycles. The van der Waals surface area contributed by atoms with E-state index in [0.717, 1.165) is 71.5 Å². The highest BCUT2D eigenvalue weighted by Crippen LogP contribution is 2.52. The molecule has 0 bridgehead atoms. The standard InChI is InChI=1S/C52H32N2O/c1-3-14-33(15-4-1)47-48(51(36-16-5-2-6-17-36)55-52(47)45-32-37-18-7-8-20-38(37)39-21-9-12-24-42(39)45)44-29-28-43(40-22-10-11-23-41(40)44)46-30-27-35-26-25-34-19-13-31-53-49(34)50(35)54-46/h1-32H/i13D,19D,25D,26D,27D,30D,31D. The maximum absolute atomic E-state index is 9.28. The zero-order valence-corrected chi connectivity index (χ0v) is 29.2.